The highest BCUT2D eigenvalue weighted by Crippen LogP contribution is 2.33. The zero-order chi connectivity index (χ0) is 89.9. The number of aliphatic hydroxyl groups is 6. The van der Waals surface area contributed by atoms with Crippen LogP contribution in [0.3, 0.4) is 0 Å². The summed E-state index contributed by atoms with van der Waals surface area (Å²) in [5.41, 5.74) is -4.76. The predicted octanol–water partition coefficient (Wildman–Crippen LogP) is 24.5. The lowest BCUT2D eigenvalue weighted by Gasteiger charge is -2.34. The molecule has 0 atom stereocenters. The molecule has 0 aromatic heterocycles. The van der Waals surface area contributed by atoms with E-state index in [9.17, 15) is 40.2 Å². The summed E-state index contributed by atoms with van der Waals surface area (Å²) in [6.45, 7) is 14.9. The minimum atomic E-state index is -1.82. The van der Waals surface area contributed by atoms with Crippen LogP contribution in [0.2, 0.25) is 0 Å². The molecule has 2 amide bonds. The molecule has 0 aliphatic carbocycles. The molecule has 2 aromatic rings. The van der Waals surface area contributed by atoms with Gasteiger partial charge < -0.3 is 83.9 Å². The Balaban J connectivity index is 2.95. The summed E-state index contributed by atoms with van der Waals surface area (Å²) < 4.78 is 62.1. The van der Waals surface area contributed by atoms with Crippen LogP contribution in [0.5, 0.6) is 17.2 Å². The quantitative estimate of drug-likeness (QED) is 0.0286. The molecule has 0 aliphatic heterocycles. The number of nitrogens with one attached hydrogen (secondary N) is 2. The van der Waals surface area contributed by atoms with Crippen LogP contribution in [0.15, 0.2) is 36.4 Å². The van der Waals surface area contributed by atoms with E-state index in [0.29, 0.717) is 96.3 Å². The first-order chi connectivity index (χ1) is 60.8. The van der Waals surface area contributed by atoms with Crippen LogP contribution in [-0.4, -0.2) is 186 Å². The summed E-state index contributed by atoms with van der Waals surface area (Å²) in [5.74, 6) is -0.676. The Morgan fingerprint density at radius 1 is 0.234 bits per heavy atom. The van der Waals surface area contributed by atoms with Crippen LogP contribution in [0, 0.1) is 10.8 Å². The van der Waals surface area contributed by atoms with E-state index in [1.165, 1.54) is 326 Å². The van der Waals surface area contributed by atoms with Gasteiger partial charge in [0.25, 0.3) is 11.8 Å². The zero-order valence-corrected chi connectivity index (χ0v) is 80.9. The summed E-state index contributed by atoms with van der Waals surface area (Å²) in [6, 6.07) is 9.80. The standard InChI is InChI=1S/C105H194N2O17/c1-7-13-19-25-31-37-43-49-55-61-67-116-86-102(87-117-68-62-56-50-44-38-32-26-20-14-8-2,88-118-69-63-57-51-45-39-33-27-21-15-9-3)92-123-97-73-94(79-122-99-76-95(100(114)106-104(80-108,81-109)82-110)75-96(77-99)101(115)107-105(83-111,84-112)85-113)74-98(78-97)124-93-103(89-119-70-64-58-52-46-40-34-28-22-16-10-4,90-120-71-65-59-53-47-41-35-29-23-17-11-5)91-121-72-66-60-54-48-42-36-30-24-18-12-6/h73-78,108-113H,7-72,79-93H2,1-6H3,(H,106,114)(H,107,115). The number of amides is 2. The minimum Gasteiger partial charge on any atom is -0.493 e. The molecule has 0 fully saturated rings. The van der Waals surface area contributed by atoms with Gasteiger partial charge in [-0.15, -0.1) is 0 Å². The lowest BCUT2D eigenvalue weighted by Crippen LogP contribution is -2.57. The van der Waals surface area contributed by atoms with Gasteiger partial charge in [-0.25, -0.2) is 0 Å². The van der Waals surface area contributed by atoms with Gasteiger partial charge in [0, 0.05) is 56.8 Å². The van der Waals surface area contributed by atoms with Crippen LogP contribution in [0.1, 0.15) is 453 Å². The second-order valence-corrected chi connectivity index (χ2v) is 37.2. The Bertz CT molecular complexity index is 2360. The molecule has 19 heteroatoms. The summed E-state index contributed by atoms with van der Waals surface area (Å²) in [5, 5.41) is 66.9. The number of ether oxygens (including phenoxy) is 9. The molecule has 0 radical (unpaired) electrons. The van der Waals surface area contributed by atoms with E-state index >= 15 is 0 Å². The van der Waals surface area contributed by atoms with Crippen molar-refractivity contribution in [3.05, 3.63) is 53.1 Å². The molecule has 2 aromatic carbocycles. The molecule has 0 unspecified atom stereocenters. The number of carbonyl (C=O) groups is 2. The average molecular weight is 1760 g/mol. The summed E-state index contributed by atoms with van der Waals surface area (Å²) in [7, 11) is 0. The minimum absolute atomic E-state index is 0.0483. The van der Waals surface area contributed by atoms with Gasteiger partial charge in [-0.2, -0.15) is 0 Å². The molecule has 19 nitrogen and oxygen atoms in total. The molecule has 0 aliphatic rings. The van der Waals surface area contributed by atoms with Crippen molar-refractivity contribution in [1.82, 2.24) is 10.6 Å². The van der Waals surface area contributed by atoms with Crippen molar-refractivity contribution in [2.75, 3.05) is 132 Å². The van der Waals surface area contributed by atoms with E-state index in [0.717, 1.165) is 77.0 Å². The first-order valence-electron chi connectivity index (χ1n) is 51.8. The monoisotopic (exact) mass is 1760 g/mol. The molecule has 2 rings (SSSR count). The molecule has 0 saturated heterocycles. The van der Waals surface area contributed by atoms with Gasteiger partial charge >= 0.3 is 0 Å². The van der Waals surface area contributed by atoms with Crippen molar-refractivity contribution >= 4 is 11.8 Å². The van der Waals surface area contributed by atoms with E-state index < -0.39 is 73.4 Å². The largest absolute Gasteiger partial charge is 0.493 e. The normalized spacial score (nSPS) is 12.2. The van der Waals surface area contributed by atoms with Gasteiger partial charge in [-0.3, -0.25) is 9.59 Å². The Labute approximate surface area is 759 Å². The highest BCUT2D eigenvalue weighted by Gasteiger charge is 2.37. The summed E-state index contributed by atoms with van der Waals surface area (Å²) in [6.07, 6.45) is 73.6. The molecule has 0 bridgehead atoms. The highest BCUT2D eigenvalue weighted by molar-refractivity contribution is 6.01. The van der Waals surface area contributed by atoms with E-state index in [-0.39, 0.29) is 36.7 Å². The zero-order valence-electron chi connectivity index (χ0n) is 80.9. The molecule has 8 N–H and O–H groups in total. The van der Waals surface area contributed by atoms with Crippen LogP contribution < -0.4 is 24.8 Å². The van der Waals surface area contributed by atoms with Gasteiger partial charge in [0.05, 0.1) is 90.1 Å². The van der Waals surface area contributed by atoms with Gasteiger partial charge in [0.15, 0.2) is 0 Å². The first kappa shape index (κ1) is 116. The SMILES string of the molecule is CCCCCCCCCCCCOCC(COCCCCCCCCCCCC)(COCCCCCCCCCCCC)COc1cc(COc2cc(C(=O)NC(CO)(CO)CO)cc(C(=O)NC(CO)(CO)CO)c2)cc(OCC(COCCCCCCCCCCCC)(COCCCCCCCCCCCC)COCCCCCCCCCCCC)c1. The first-order valence-corrected chi connectivity index (χ1v) is 51.8. The number of aliphatic hydroxyl groups excluding tert-OH is 6. The maximum atomic E-state index is 14.2. The smallest absolute Gasteiger partial charge is 0.252 e. The number of hydrogen-bond acceptors (Lipinski definition) is 17. The molecule has 726 valence electrons. The number of carbonyl (C=O) groups excluding carboxylic acids is 2. The van der Waals surface area contributed by atoms with Crippen LogP contribution in [0.25, 0.3) is 0 Å². The second-order valence-electron chi connectivity index (χ2n) is 37.2. The summed E-state index contributed by atoms with van der Waals surface area (Å²) >= 11 is 0. The fourth-order valence-electron chi connectivity index (χ4n) is 16.0. The van der Waals surface area contributed by atoms with E-state index in [2.05, 4.69) is 52.2 Å². The van der Waals surface area contributed by atoms with Gasteiger partial charge in [0.1, 0.15) is 48.1 Å². The number of benzene rings is 2. The van der Waals surface area contributed by atoms with Crippen molar-refractivity contribution < 1.29 is 82.9 Å². The molecule has 124 heavy (non-hydrogen) atoms. The van der Waals surface area contributed by atoms with Crippen molar-refractivity contribution in [3.63, 3.8) is 0 Å². The Hall–Kier alpha value is -3.70. The van der Waals surface area contributed by atoms with E-state index in [4.69, 9.17) is 42.6 Å². The molecule has 0 spiro atoms. The number of unbranched alkanes of at least 4 members (excludes halogenated alkanes) is 54. The lowest BCUT2D eigenvalue weighted by atomic mass is 9.92. The van der Waals surface area contributed by atoms with Gasteiger partial charge in [-0.05, 0) is 74.4 Å². The fourth-order valence-corrected chi connectivity index (χ4v) is 16.0. The Kier molecular flexibility index (Phi) is 77.4. The third-order valence-electron chi connectivity index (χ3n) is 24.7. The Morgan fingerprint density at radius 3 is 0.613 bits per heavy atom. The highest BCUT2D eigenvalue weighted by atomic mass is 16.5. The van der Waals surface area contributed by atoms with Gasteiger partial charge in [-0.1, -0.05) is 388 Å². The molecule has 0 saturated carbocycles. The topological polar surface area (TPSA) is 263 Å². The van der Waals surface area contributed by atoms with Crippen LogP contribution in [0.4, 0.5) is 0 Å². The average Bonchev–Trinajstić information content (AvgIpc) is 0.823. The molecular formula is C105H194N2O17. The predicted molar refractivity (Wildman–Crippen MR) is 512 cm³/mol. The van der Waals surface area contributed by atoms with E-state index in [1.54, 1.807) is 0 Å². The fraction of sp³-hybridized carbons (Fsp3) is 0.867. The van der Waals surface area contributed by atoms with Crippen LogP contribution in [-0.2, 0) is 35.0 Å². The Morgan fingerprint density at radius 2 is 0.419 bits per heavy atom. The van der Waals surface area contributed by atoms with Crippen molar-refractivity contribution in [2.24, 2.45) is 10.8 Å². The van der Waals surface area contributed by atoms with Crippen molar-refractivity contribution in [3.8, 4) is 17.2 Å². The summed E-state index contributed by atoms with van der Waals surface area (Å²) in [4.78, 5) is 28.5. The number of hydrogen-bond donors (Lipinski definition) is 8. The molecular weight excluding hydrogens is 1560 g/mol. The number of rotatable bonds is 97. The third-order valence-corrected chi connectivity index (χ3v) is 24.7. The van der Waals surface area contributed by atoms with Crippen molar-refractivity contribution in [1.29, 1.82) is 0 Å². The van der Waals surface area contributed by atoms with Gasteiger partial charge in [0.2, 0.25) is 0 Å². The second kappa shape index (κ2) is 82.5. The maximum absolute atomic E-state index is 14.2. The maximum Gasteiger partial charge on any atom is 0.252 e. The van der Waals surface area contributed by atoms with Crippen molar-refractivity contribution in [2.45, 2.75) is 444 Å². The lowest BCUT2D eigenvalue weighted by molar-refractivity contribution is -0.0901. The van der Waals surface area contributed by atoms with E-state index in [1.807, 2.05) is 18.2 Å². The molecule has 0 heterocycles. The third kappa shape index (κ3) is 61.0. The van der Waals surface area contributed by atoms with Crippen LogP contribution >= 0.6 is 0 Å².